The van der Waals surface area contributed by atoms with Crippen LogP contribution in [0.3, 0.4) is 0 Å². The van der Waals surface area contributed by atoms with Gasteiger partial charge in [0.1, 0.15) is 0 Å². The molecule has 0 saturated carbocycles. The molecule has 7 heteroatoms. The molecule has 0 bridgehead atoms. The van der Waals surface area contributed by atoms with Crippen molar-refractivity contribution < 1.29 is 14.3 Å². The van der Waals surface area contributed by atoms with E-state index in [1.165, 1.54) is 6.07 Å². The Morgan fingerprint density at radius 3 is 2.53 bits per heavy atom. The topological polar surface area (TPSA) is 90.3 Å². The number of aryl methyl sites for hydroxylation is 2. The molecule has 3 aromatic rings. The number of aromatic nitrogens is 2. The number of para-hydroxylation sites is 1. The van der Waals surface area contributed by atoms with Crippen LogP contribution in [0, 0.1) is 13.8 Å². The van der Waals surface area contributed by atoms with Crippen molar-refractivity contribution >= 4 is 17.6 Å². The van der Waals surface area contributed by atoms with Crippen LogP contribution in [-0.4, -0.2) is 28.3 Å². The van der Waals surface area contributed by atoms with Crippen LogP contribution in [0.15, 0.2) is 59.4 Å². The first-order chi connectivity index (χ1) is 14.4. The zero-order chi connectivity index (χ0) is 21.7. The SMILES string of the molecule is CCOC(=O)c1nn(-c2ccccc2C)c(=O)cc1NC(=O)Cc1cccc(C)c1. The second-order valence-electron chi connectivity index (χ2n) is 6.88. The Morgan fingerprint density at radius 2 is 1.83 bits per heavy atom. The quantitative estimate of drug-likeness (QED) is 0.636. The van der Waals surface area contributed by atoms with Gasteiger partial charge >= 0.3 is 5.97 Å². The minimum Gasteiger partial charge on any atom is -0.461 e. The molecule has 1 aromatic heterocycles. The zero-order valence-corrected chi connectivity index (χ0v) is 17.1. The van der Waals surface area contributed by atoms with Crippen molar-refractivity contribution in [3.8, 4) is 5.69 Å². The second kappa shape index (κ2) is 9.17. The number of ether oxygens (including phenoxy) is 1. The Morgan fingerprint density at radius 1 is 1.07 bits per heavy atom. The van der Waals surface area contributed by atoms with Gasteiger partial charge in [-0.25, -0.2) is 4.79 Å². The van der Waals surface area contributed by atoms with Gasteiger partial charge in [-0.3, -0.25) is 9.59 Å². The first-order valence-corrected chi connectivity index (χ1v) is 9.62. The molecule has 0 aliphatic heterocycles. The van der Waals surface area contributed by atoms with Gasteiger partial charge in [0, 0.05) is 6.07 Å². The summed E-state index contributed by atoms with van der Waals surface area (Å²) in [6.45, 7) is 5.59. The number of carbonyl (C=O) groups is 2. The molecule has 0 unspecified atom stereocenters. The maximum atomic E-state index is 12.7. The fourth-order valence-corrected chi connectivity index (χ4v) is 3.08. The van der Waals surface area contributed by atoms with Crippen LogP contribution in [0.4, 0.5) is 5.69 Å². The van der Waals surface area contributed by atoms with Crippen molar-refractivity contribution in [1.29, 1.82) is 0 Å². The summed E-state index contributed by atoms with van der Waals surface area (Å²) in [5, 5.41) is 6.85. The van der Waals surface area contributed by atoms with E-state index in [-0.39, 0.29) is 30.3 Å². The summed E-state index contributed by atoms with van der Waals surface area (Å²) in [7, 11) is 0. The summed E-state index contributed by atoms with van der Waals surface area (Å²) in [5.41, 5.74) is 2.66. The van der Waals surface area contributed by atoms with Gasteiger partial charge in [0.05, 0.1) is 24.4 Å². The molecule has 0 saturated heterocycles. The predicted molar refractivity (Wildman–Crippen MR) is 114 cm³/mol. The molecular formula is C23H23N3O4. The average Bonchev–Trinajstić information content (AvgIpc) is 2.69. The van der Waals surface area contributed by atoms with Crippen molar-refractivity contribution in [1.82, 2.24) is 9.78 Å². The maximum Gasteiger partial charge on any atom is 0.360 e. The van der Waals surface area contributed by atoms with Gasteiger partial charge in [0.25, 0.3) is 5.56 Å². The fourth-order valence-electron chi connectivity index (χ4n) is 3.08. The first kappa shape index (κ1) is 21.0. The monoisotopic (exact) mass is 405 g/mol. The standard InChI is InChI=1S/C23H23N3O4/c1-4-30-23(29)22-18(24-20(27)13-17-10-7-8-15(2)12-17)14-21(28)26(25-22)19-11-6-5-9-16(19)3/h5-12,14H,4,13H2,1-3H3,(H,24,27). The summed E-state index contributed by atoms with van der Waals surface area (Å²) < 4.78 is 6.21. The minimum atomic E-state index is -0.717. The molecule has 0 aliphatic carbocycles. The van der Waals surface area contributed by atoms with E-state index in [2.05, 4.69) is 10.4 Å². The lowest BCUT2D eigenvalue weighted by molar-refractivity contribution is -0.115. The minimum absolute atomic E-state index is 0.0286. The van der Waals surface area contributed by atoms with Crippen molar-refractivity contribution in [2.24, 2.45) is 0 Å². The van der Waals surface area contributed by atoms with Gasteiger partial charge in [0.15, 0.2) is 5.69 Å². The highest BCUT2D eigenvalue weighted by Crippen LogP contribution is 2.16. The van der Waals surface area contributed by atoms with Crippen LogP contribution in [0.5, 0.6) is 0 Å². The summed E-state index contributed by atoms with van der Waals surface area (Å²) in [6, 6.07) is 15.9. The Labute approximate surface area is 174 Å². The van der Waals surface area contributed by atoms with Crippen LogP contribution >= 0.6 is 0 Å². The third-order valence-electron chi connectivity index (χ3n) is 4.47. The van der Waals surface area contributed by atoms with E-state index in [0.29, 0.717) is 5.69 Å². The van der Waals surface area contributed by atoms with E-state index in [9.17, 15) is 14.4 Å². The maximum absolute atomic E-state index is 12.7. The average molecular weight is 405 g/mol. The van der Waals surface area contributed by atoms with Crippen molar-refractivity contribution in [2.75, 3.05) is 11.9 Å². The van der Waals surface area contributed by atoms with Gasteiger partial charge in [-0.2, -0.15) is 9.78 Å². The number of carbonyl (C=O) groups excluding carboxylic acids is 2. The normalized spacial score (nSPS) is 10.5. The molecule has 1 N–H and O–H groups in total. The van der Waals surface area contributed by atoms with E-state index < -0.39 is 11.5 Å². The number of nitrogens with zero attached hydrogens (tertiary/aromatic N) is 2. The second-order valence-corrected chi connectivity index (χ2v) is 6.88. The summed E-state index contributed by atoms with van der Waals surface area (Å²) in [5.74, 6) is -1.08. The van der Waals surface area contributed by atoms with Crippen LogP contribution in [-0.2, 0) is 16.0 Å². The van der Waals surface area contributed by atoms with Crippen LogP contribution in [0.2, 0.25) is 0 Å². The number of rotatable bonds is 6. The van der Waals surface area contributed by atoms with E-state index in [4.69, 9.17) is 4.74 Å². The van der Waals surface area contributed by atoms with Crippen molar-refractivity contribution in [3.05, 3.63) is 87.3 Å². The molecule has 0 radical (unpaired) electrons. The van der Waals surface area contributed by atoms with Crippen molar-refractivity contribution in [3.63, 3.8) is 0 Å². The first-order valence-electron chi connectivity index (χ1n) is 9.62. The summed E-state index contributed by atoms with van der Waals surface area (Å²) >= 11 is 0. The lowest BCUT2D eigenvalue weighted by Gasteiger charge is -2.13. The Hall–Kier alpha value is -3.74. The number of benzene rings is 2. The zero-order valence-electron chi connectivity index (χ0n) is 17.1. The molecule has 3 rings (SSSR count). The van der Waals surface area contributed by atoms with Crippen molar-refractivity contribution in [2.45, 2.75) is 27.2 Å². The number of nitrogens with one attached hydrogen (secondary N) is 1. The number of anilines is 1. The molecule has 0 atom stereocenters. The molecule has 30 heavy (non-hydrogen) atoms. The lowest BCUT2D eigenvalue weighted by atomic mass is 10.1. The highest BCUT2D eigenvalue weighted by Gasteiger charge is 2.20. The molecule has 0 spiro atoms. The van der Waals surface area contributed by atoms with Gasteiger partial charge in [-0.05, 0) is 38.0 Å². The highest BCUT2D eigenvalue weighted by atomic mass is 16.5. The molecule has 2 aromatic carbocycles. The van der Waals surface area contributed by atoms with E-state index in [1.807, 2.05) is 50.2 Å². The molecule has 1 amide bonds. The lowest BCUT2D eigenvalue weighted by Crippen LogP contribution is -2.28. The molecule has 1 heterocycles. The number of amides is 1. The third-order valence-corrected chi connectivity index (χ3v) is 4.47. The Bertz CT molecular complexity index is 1150. The molecule has 154 valence electrons. The number of hydrogen-bond donors (Lipinski definition) is 1. The largest absolute Gasteiger partial charge is 0.461 e. The van der Waals surface area contributed by atoms with Crippen LogP contribution < -0.4 is 10.9 Å². The van der Waals surface area contributed by atoms with Crippen LogP contribution in [0.25, 0.3) is 5.69 Å². The van der Waals surface area contributed by atoms with Gasteiger partial charge in [0.2, 0.25) is 5.91 Å². The smallest absolute Gasteiger partial charge is 0.360 e. The van der Waals surface area contributed by atoms with Gasteiger partial charge in [-0.15, -0.1) is 0 Å². The number of esters is 1. The Kier molecular flexibility index (Phi) is 6.41. The van der Waals surface area contributed by atoms with E-state index >= 15 is 0 Å². The van der Waals surface area contributed by atoms with E-state index in [0.717, 1.165) is 21.4 Å². The summed E-state index contributed by atoms with van der Waals surface area (Å²) in [4.78, 5) is 37.7. The Balaban J connectivity index is 1.98. The van der Waals surface area contributed by atoms with Crippen LogP contribution in [0.1, 0.15) is 34.1 Å². The third kappa shape index (κ3) is 4.81. The fraction of sp³-hybridized carbons (Fsp3) is 0.217. The molecular weight excluding hydrogens is 382 g/mol. The number of hydrogen-bond acceptors (Lipinski definition) is 5. The highest BCUT2D eigenvalue weighted by molar-refractivity contribution is 6.00. The van der Waals surface area contributed by atoms with Gasteiger partial charge in [-0.1, -0.05) is 48.0 Å². The molecule has 0 fully saturated rings. The van der Waals surface area contributed by atoms with Gasteiger partial charge < -0.3 is 10.1 Å². The molecule has 7 nitrogen and oxygen atoms in total. The predicted octanol–water partition coefficient (Wildman–Crippen LogP) is 3.21. The van der Waals surface area contributed by atoms with E-state index in [1.54, 1.807) is 19.1 Å². The summed E-state index contributed by atoms with van der Waals surface area (Å²) in [6.07, 6.45) is 0.102. The molecule has 0 aliphatic rings.